The lowest BCUT2D eigenvalue weighted by molar-refractivity contribution is -0.146. The molecule has 4 saturated carbocycles. The zero-order chi connectivity index (χ0) is 20.7. The standard InChI is InChI=1S/C24H40N4O2/c1-2-26-7-9-27(10-8-26)21-4-6-28(17-21)22(29)3-5-25-23(30)24-14-18-11-19(15-24)13-20(12-18)16-24/h18-21H,2-17H2,1H3,(H,25,30). The number of nitrogens with zero attached hydrogens (tertiary/aromatic N) is 3. The summed E-state index contributed by atoms with van der Waals surface area (Å²) in [4.78, 5) is 32.9. The van der Waals surface area contributed by atoms with Crippen molar-refractivity contribution in [1.82, 2.24) is 20.0 Å². The number of likely N-dealkylation sites (tertiary alicyclic amines) is 1. The van der Waals surface area contributed by atoms with Gasteiger partial charge in [0.15, 0.2) is 0 Å². The highest BCUT2D eigenvalue weighted by molar-refractivity contribution is 5.84. The molecule has 0 radical (unpaired) electrons. The van der Waals surface area contributed by atoms with Crippen LogP contribution in [0.4, 0.5) is 0 Å². The van der Waals surface area contributed by atoms with E-state index < -0.39 is 0 Å². The second-order valence-electron chi connectivity index (χ2n) is 11.0. The summed E-state index contributed by atoms with van der Waals surface area (Å²) in [6, 6.07) is 0.523. The Bertz CT molecular complexity index is 622. The van der Waals surface area contributed by atoms with Gasteiger partial charge in [0.1, 0.15) is 0 Å². The summed E-state index contributed by atoms with van der Waals surface area (Å²) >= 11 is 0. The Morgan fingerprint density at radius 2 is 1.57 bits per heavy atom. The molecular weight excluding hydrogens is 376 g/mol. The van der Waals surface area contributed by atoms with Crippen LogP contribution in [0.3, 0.4) is 0 Å². The van der Waals surface area contributed by atoms with Crippen molar-refractivity contribution in [2.45, 2.75) is 64.3 Å². The molecule has 0 spiro atoms. The predicted molar refractivity (Wildman–Crippen MR) is 117 cm³/mol. The second-order valence-corrected chi connectivity index (χ2v) is 11.0. The van der Waals surface area contributed by atoms with Crippen LogP contribution in [0.15, 0.2) is 0 Å². The fraction of sp³-hybridized carbons (Fsp3) is 0.917. The number of likely N-dealkylation sites (N-methyl/N-ethyl adjacent to an activating group) is 1. The molecule has 2 saturated heterocycles. The largest absolute Gasteiger partial charge is 0.355 e. The van der Waals surface area contributed by atoms with Crippen molar-refractivity contribution in [3.8, 4) is 0 Å². The average molecular weight is 417 g/mol. The summed E-state index contributed by atoms with van der Waals surface area (Å²) in [5.41, 5.74) is -0.100. The summed E-state index contributed by atoms with van der Waals surface area (Å²) < 4.78 is 0. The highest BCUT2D eigenvalue weighted by atomic mass is 16.2. The van der Waals surface area contributed by atoms with E-state index in [1.54, 1.807) is 0 Å². The molecule has 2 amide bonds. The molecule has 1 unspecified atom stereocenters. The highest BCUT2D eigenvalue weighted by Gasteiger charge is 2.54. The summed E-state index contributed by atoms with van der Waals surface area (Å²) in [6.07, 6.45) is 8.90. The molecule has 0 aromatic heterocycles. The molecule has 4 aliphatic carbocycles. The molecule has 0 aromatic carbocycles. The van der Waals surface area contributed by atoms with Crippen LogP contribution in [0.5, 0.6) is 0 Å². The molecule has 6 heteroatoms. The molecule has 2 aliphatic heterocycles. The van der Waals surface area contributed by atoms with Crippen LogP contribution in [0, 0.1) is 23.2 Å². The van der Waals surface area contributed by atoms with Crippen LogP contribution < -0.4 is 5.32 Å². The van der Waals surface area contributed by atoms with Crippen molar-refractivity contribution in [3.63, 3.8) is 0 Å². The van der Waals surface area contributed by atoms with Gasteiger partial charge in [-0.05, 0) is 69.2 Å². The van der Waals surface area contributed by atoms with E-state index in [1.807, 2.05) is 4.90 Å². The molecule has 4 bridgehead atoms. The lowest BCUT2D eigenvalue weighted by Gasteiger charge is -2.55. The smallest absolute Gasteiger partial charge is 0.226 e. The Hall–Kier alpha value is -1.14. The summed E-state index contributed by atoms with van der Waals surface area (Å²) in [5, 5.41) is 3.18. The van der Waals surface area contributed by atoms with Crippen molar-refractivity contribution >= 4 is 11.8 Å². The average Bonchev–Trinajstić information content (AvgIpc) is 3.23. The maximum Gasteiger partial charge on any atom is 0.226 e. The maximum atomic E-state index is 13.1. The van der Waals surface area contributed by atoms with Crippen LogP contribution in [0.25, 0.3) is 0 Å². The van der Waals surface area contributed by atoms with Gasteiger partial charge in [-0.1, -0.05) is 6.92 Å². The van der Waals surface area contributed by atoms with Gasteiger partial charge in [-0.3, -0.25) is 14.5 Å². The van der Waals surface area contributed by atoms with E-state index in [4.69, 9.17) is 0 Å². The Morgan fingerprint density at radius 3 is 2.17 bits per heavy atom. The van der Waals surface area contributed by atoms with Gasteiger partial charge in [0, 0.05) is 63.7 Å². The van der Waals surface area contributed by atoms with E-state index >= 15 is 0 Å². The summed E-state index contributed by atoms with van der Waals surface area (Å²) in [5.74, 6) is 2.82. The molecule has 6 rings (SSSR count). The first-order valence-corrected chi connectivity index (χ1v) is 12.6. The number of carbonyl (C=O) groups is 2. The number of rotatable bonds is 6. The van der Waals surface area contributed by atoms with E-state index in [2.05, 4.69) is 22.0 Å². The number of amides is 2. The first kappa shape index (κ1) is 20.7. The third-order valence-electron chi connectivity index (χ3n) is 9.03. The van der Waals surface area contributed by atoms with Crippen molar-refractivity contribution in [2.75, 3.05) is 52.4 Å². The number of piperazine rings is 1. The lowest BCUT2D eigenvalue weighted by Crippen LogP contribution is -2.53. The molecule has 30 heavy (non-hydrogen) atoms. The minimum atomic E-state index is -0.100. The zero-order valence-electron chi connectivity index (χ0n) is 18.8. The van der Waals surface area contributed by atoms with Gasteiger partial charge < -0.3 is 15.1 Å². The Balaban J connectivity index is 1.05. The van der Waals surface area contributed by atoms with E-state index in [1.165, 1.54) is 19.3 Å². The molecule has 2 heterocycles. The molecule has 1 N–H and O–H groups in total. The lowest BCUT2D eigenvalue weighted by atomic mass is 9.49. The third-order valence-corrected chi connectivity index (χ3v) is 9.03. The number of hydrogen-bond donors (Lipinski definition) is 1. The molecular formula is C24H40N4O2. The molecule has 6 aliphatic rings. The van der Waals surface area contributed by atoms with E-state index in [-0.39, 0.29) is 17.2 Å². The topological polar surface area (TPSA) is 55.9 Å². The van der Waals surface area contributed by atoms with Crippen LogP contribution in [-0.4, -0.2) is 84.9 Å². The van der Waals surface area contributed by atoms with Crippen molar-refractivity contribution in [3.05, 3.63) is 0 Å². The summed E-state index contributed by atoms with van der Waals surface area (Å²) in [6.45, 7) is 10.2. The molecule has 0 aromatic rings. The minimum absolute atomic E-state index is 0.100. The van der Waals surface area contributed by atoms with Gasteiger partial charge in [-0.15, -0.1) is 0 Å². The number of hydrogen-bond acceptors (Lipinski definition) is 4. The van der Waals surface area contributed by atoms with E-state index in [0.29, 0.717) is 19.0 Å². The first-order chi connectivity index (χ1) is 14.5. The van der Waals surface area contributed by atoms with Gasteiger partial charge >= 0.3 is 0 Å². The third kappa shape index (κ3) is 4.02. The van der Waals surface area contributed by atoms with E-state index in [0.717, 1.165) is 89.3 Å². The summed E-state index contributed by atoms with van der Waals surface area (Å²) in [7, 11) is 0. The monoisotopic (exact) mass is 416 g/mol. The van der Waals surface area contributed by atoms with Gasteiger partial charge in [0.25, 0.3) is 0 Å². The SMILES string of the molecule is CCN1CCN(C2CCN(C(=O)CCNC(=O)C34CC5CC(CC(C5)C3)C4)C2)CC1. The van der Waals surface area contributed by atoms with E-state index in [9.17, 15) is 9.59 Å². The molecule has 1 atom stereocenters. The number of nitrogens with one attached hydrogen (secondary N) is 1. The van der Waals surface area contributed by atoms with Crippen LogP contribution >= 0.6 is 0 Å². The highest BCUT2D eigenvalue weighted by Crippen LogP contribution is 2.60. The molecule has 168 valence electrons. The van der Waals surface area contributed by atoms with Crippen LogP contribution in [-0.2, 0) is 9.59 Å². The van der Waals surface area contributed by atoms with Gasteiger partial charge in [-0.2, -0.15) is 0 Å². The normalized spacial score (nSPS) is 38.9. The van der Waals surface area contributed by atoms with Crippen molar-refractivity contribution in [2.24, 2.45) is 23.2 Å². The van der Waals surface area contributed by atoms with Crippen LogP contribution in [0.1, 0.15) is 58.3 Å². The quantitative estimate of drug-likeness (QED) is 0.719. The molecule has 6 nitrogen and oxygen atoms in total. The first-order valence-electron chi connectivity index (χ1n) is 12.6. The van der Waals surface area contributed by atoms with Gasteiger partial charge in [0.2, 0.25) is 11.8 Å². The second kappa shape index (κ2) is 8.42. The Kier molecular flexibility index (Phi) is 5.82. The predicted octanol–water partition coefficient (Wildman–Crippen LogP) is 1.95. The molecule has 6 fully saturated rings. The van der Waals surface area contributed by atoms with Crippen molar-refractivity contribution < 1.29 is 9.59 Å². The van der Waals surface area contributed by atoms with Crippen molar-refractivity contribution in [1.29, 1.82) is 0 Å². The van der Waals surface area contributed by atoms with Gasteiger partial charge in [-0.25, -0.2) is 0 Å². The number of carbonyl (C=O) groups excluding carboxylic acids is 2. The van der Waals surface area contributed by atoms with Gasteiger partial charge in [0.05, 0.1) is 0 Å². The Labute approximate surface area is 181 Å². The van der Waals surface area contributed by atoms with Crippen LogP contribution in [0.2, 0.25) is 0 Å². The zero-order valence-corrected chi connectivity index (χ0v) is 18.8. The fourth-order valence-electron chi connectivity index (χ4n) is 7.73. The minimum Gasteiger partial charge on any atom is -0.355 e. The Morgan fingerprint density at radius 1 is 0.933 bits per heavy atom. The fourth-order valence-corrected chi connectivity index (χ4v) is 7.73. The maximum absolute atomic E-state index is 13.1.